The van der Waals surface area contributed by atoms with E-state index in [1.165, 1.54) is 0 Å². The van der Waals surface area contributed by atoms with E-state index in [0.717, 1.165) is 12.8 Å². The Morgan fingerprint density at radius 1 is 1.28 bits per heavy atom. The second-order valence-electron chi connectivity index (χ2n) is 5.85. The van der Waals surface area contributed by atoms with Gasteiger partial charge in [-0.1, -0.05) is 6.92 Å². The maximum Gasteiger partial charge on any atom is 0.306 e. The van der Waals surface area contributed by atoms with Gasteiger partial charge in [-0.15, -0.1) is 0 Å². The summed E-state index contributed by atoms with van der Waals surface area (Å²) in [4.78, 5) is 11.2. The Labute approximate surface area is 106 Å². The van der Waals surface area contributed by atoms with Crippen molar-refractivity contribution in [3.63, 3.8) is 0 Å². The van der Waals surface area contributed by atoms with Crippen molar-refractivity contribution in [2.75, 3.05) is 13.2 Å². The van der Waals surface area contributed by atoms with Gasteiger partial charge in [0.15, 0.2) is 5.79 Å². The topological polar surface area (TPSA) is 65.0 Å². The van der Waals surface area contributed by atoms with Crippen LogP contribution in [0.3, 0.4) is 0 Å². The lowest BCUT2D eigenvalue weighted by atomic mass is 9.67. The fourth-order valence-corrected chi connectivity index (χ4v) is 3.38. The largest absolute Gasteiger partial charge is 0.462 e. The van der Waals surface area contributed by atoms with Crippen molar-refractivity contribution in [2.24, 2.45) is 5.41 Å². The number of cyclic esters (lactones) is 1. The molecule has 1 aliphatic carbocycles. The second-order valence-corrected chi connectivity index (χ2v) is 5.85. The predicted molar refractivity (Wildman–Crippen MR) is 61.7 cm³/mol. The van der Waals surface area contributed by atoms with Crippen molar-refractivity contribution in [1.29, 1.82) is 0 Å². The standard InChI is InChI=1S/C13H20O5/c1-12(10-2-3-11(15)18-10)4-5-13(8-9(12)14)16-6-7-17-13/h9-10,14H,2-8H2,1H3/t9-,10+,12+/m1/s1. The molecular weight excluding hydrogens is 236 g/mol. The van der Waals surface area contributed by atoms with Gasteiger partial charge in [0.05, 0.1) is 19.3 Å². The molecule has 0 unspecified atom stereocenters. The Balaban J connectivity index is 1.73. The van der Waals surface area contributed by atoms with E-state index in [1.807, 2.05) is 6.92 Å². The number of rotatable bonds is 1. The van der Waals surface area contributed by atoms with E-state index in [4.69, 9.17) is 14.2 Å². The lowest BCUT2D eigenvalue weighted by Gasteiger charge is -2.47. The number of ether oxygens (including phenoxy) is 3. The highest BCUT2D eigenvalue weighted by Gasteiger charge is 2.54. The van der Waals surface area contributed by atoms with Crippen molar-refractivity contribution in [3.05, 3.63) is 0 Å². The number of aliphatic hydroxyl groups excluding tert-OH is 1. The van der Waals surface area contributed by atoms with Gasteiger partial charge in [0, 0.05) is 24.7 Å². The molecule has 18 heavy (non-hydrogen) atoms. The van der Waals surface area contributed by atoms with Crippen molar-refractivity contribution in [1.82, 2.24) is 0 Å². The van der Waals surface area contributed by atoms with Crippen LogP contribution in [0.2, 0.25) is 0 Å². The molecule has 5 heteroatoms. The molecule has 1 saturated carbocycles. The molecule has 0 bridgehead atoms. The lowest BCUT2D eigenvalue weighted by Crippen LogP contribution is -2.52. The summed E-state index contributed by atoms with van der Waals surface area (Å²) < 4.78 is 16.6. The Morgan fingerprint density at radius 3 is 2.56 bits per heavy atom. The van der Waals surface area contributed by atoms with Gasteiger partial charge in [0.25, 0.3) is 0 Å². The molecule has 0 aromatic carbocycles. The van der Waals surface area contributed by atoms with Crippen LogP contribution in [-0.4, -0.2) is 42.3 Å². The van der Waals surface area contributed by atoms with Crippen LogP contribution >= 0.6 is 0 Å². The highest BCUT2D eigenvalue weighted by Crippen LogP contribution is 2.49. The summed E-state index contributed by atoms with van der Waals surface area (Å²) in [6.45, 7) is 3.20. The minimum Gasteiger partial charge on any atom is -0.462 e. The molecule has 3 rings (SSSR count). The van der Waals surface area contributed by atoms with Crippen molar-refractivity contribution >= 4 is 5.97 Å². The third kappa shape index (κ3) is 1.85. The molecule has 1 N–H and O–H groups in total. The van der Waals surface area contributed by atoms with Crippen LogP contribution < -0.4 is 0 Å². The van der Waals surface area contributed by atoms with Gasteiger partial charge in [-0.2, -0.15) is 0 Å². The molecule has 2 saturated heterocycles. The SMILES string of the molecule is C[C@]1([C@@H]2CCC(=O)O2)CCC2(C[C@H]1O)OCCO2. The summed E-state index contributed by atoms with van der Waals surface area (Å²) >= 11 is 0. The van der Waals surface area contributed by atoms with Crippen LogP contribution in [0.25, 0.3) is 0 Å². The van der Waals surface area contributed by atoms with E-state index in [1.54, 1.807) is 0 Å². The maximum atomic E-state index is 11.2. The van der Waals surface area contributed by atoms with Gasteiger partial charge in [0.1, 0.15) is 6.10 Å². The summed E-state index contributed by atoms with van der Waals surface area (Å²) in [5, 5.41) is 10.4. The summed E-state index contributed by atoms with van der Waals surface area (Å²) in [7, 11) is 0. The fourth-order valence-electron chi connectivity index (χ4n) is 3.38. The van der Waals surface area contributed by atoms with Crippen LogP contribution in [0.4, 0.5) is 0 Å². The first-order valence-electron chi connectivity index (χ1n) is 6.70. The average Bonchev–Trinajstić information content (AvgIpc) is 2.95. The van der Waals surface area contributed by atoms with Gasteiger partial charge in [-0.3, -0.25) is 4.79 Å². The molecule has 2 aliphatic heterocycles. The van der Waals surface area contributed by atoms with Gasteiger partial charge in [-0.25, -0.2) is 0 Å². The van der Waals surface area contributed by atoms with Crippen LogP contribution in [-0.2, 0) is 19.0 Å². The van der Waals surface area contributed by atoms with Crippen molar-refractivity contribution in [3.8, 4) is 0 Å². The fraction of sp³-hybridized carbons (Fsp3) is 0.923. The van der Waals surface area contributed by atoms with Gasteiger partial charge in [-0.05, 0) is 12.8 Å². The molecule has 1 spiro atoms. The predicted octanol–water partition coefficient (Wildman–Crippen LogP) is 0.986. The normalized spacial score (nSPS) is 43.3. The minimum atomic E-state index is -0.596. The molecular formula is C13H20O5. The number of carbonyl (C=O) groups excluding carboxylic acids is 1. The summed E-state index contributed by atoms with van der Waals surface area (Å²) in [5.41, 5.74) is -0.368. The van der Waals surface area contributed by atoms with Crippen LogP contribution in [0.5, 0.6) is 0 Å². The van der Waals surface area contributed by atoms with Gasteiger partial charge < -0.3 is 19.3 Å². The quantitative estimate of drug-likeness (QED) is 0.709. The smallest absolute Gasteiger partial charge is 0.306 e. The molecule has 3 atom stereocenters. The molecule has 0 amide bonds. The average molecular weight is 256 g/mol. The maximum absolute atomic E-state index is 11.2. The van der Waals surface area contributed by atoms with E-state index in [2.05, 4.69) is 0 Å². The Kier molecular flexibility index (Phi) is 2.88. The Bertz CT molecular complexity index is 349. The number of esters is 1. The number of hydrogen-bond donors (Lipinski definition) is 1. The molecule has 0 aromatic rings. The van der Waals surface area contributed by atoms with Crippen LogP contribution in [0.15, 0.2) is 0 Å². The Morgan fingerprint density at radius 2 is 2.00 bits per heavy atom. The van der Waals surface area contributed by atoms with Gasteiger partial charge >= 0.3 is 5.97 Å². The van der Waals surface area contributed by atoms with E-state index in [-0.39, 0.29) is 17.5 Å². The second kappa shape index (κ2) is 4.18. The summed E-state index contributed by atoms with van der Waals surface area (Å²) in [6, 6.07) is 0. The highest BCUT2D eigenvalue weighted by molar-refractivity contribution is 5.71. The molecule has 0 aromatic heterocycles. The zero-order valence-electron chi connectivity index (χ0n) is 10.7. The monoisotopic (exact) mass is 256 g/mol. The number of aliphatic hydroxyl groups is 1. The third-order valence-corrected chi connectivity index (χ3v) is 4.74. The first-order valence-corrected chi connectivity index (χ1v) is 6.70. The summed E-state index contributed by atoms with van der Waals surface area (Å²) in [6.07, 6.45) is 2.43. The van der Waals surface area contributed by atoms with Crippen molar-refractivity contribution in [2.45, 2.75) is 57.0 Å². The lowest BCUT2D eigenvalue weighted by molar-refractivity contribution is -0.231. The van der Waals surface area contributed by atoms with Gasteiger partial charge in [0.2, 0.25) is 0 Å². The Hall–Kier alpha value is -0.650. The summed E-state index contributed by atoms with van der Waals surface area (Å²) in [5.74, 6) is -0.747. The molecule has 3 aliphatic rings. The molecule has 102 valence electrons. The van der Waals surface area contributed by atoms with Crippen molar-refractivity contribution < 1.29 is 24.1 Å². The first-order chi connectivity index (χ1) is 8.54. The minimum absolute atomic E-state index is 0.151. The van der Waals surface area contributed by atoms with E-state index >= 15 is 0 Å². The van der Waals surface area contributed by atoms with Crippen LogP contribution in [0, 0.1) is 5.41 Å². The zero-order valence-corrected chi connectivity index (χ0v) is 10.7. The number of carbonyl (C=O) groups is 1. The molecule has 3 fully saturated rings. The van der Waals surface area contributed by atoms with Crippen LogP contribution in [0.1, 0.15) is 39.0 Å². The molecule has 0 radical (unpaired) electrons. The molecule has 5 nitrogen and oxygen atoms in total. The third-order valence-electron chi connectivity index (χ3n) is 4.74. The highest BCUT2D eigenvalue weighted by atomic mass is 16.7. The van der Waals surface area contributed by atoms with E-state index < -0.39 is 11.9 Å². The van der Waals surface area contributed by atoms with E-state index in [9.17, 15) is 9.90 Å². The first kappa shape index (κ1) is 12.4. The zero-order chi connectivity index (χ0) is 12.8. The van der Waals surface area contributed by atoms with E-state index in [0.29, 0.717) is 32.5 Å². The number of hydrogen-bond acceptors (Lipinski definition) is 5. The molecule has 2 heterocycles.